The monoisotopic (exact) mass is 270 g/mol. The van der Waals surface area contributed by atoms with Crippen molar-refractivity contribution < 1.29 is 9.13 Å². The molecule has 2 aromatic rings. The highest BCUT2D eigenvalue weighted by atomic mass is 19.1. The van der Waals surface area contributed by atoms with E-state index in [1.807, 2.05) is 49.3 Å². The summed E-state index contributed by atoms with van der Waals surface area (Å²) in [7, 11) is 3.92. The van der Waals surface area contributed by atoms with Crippen LogP contribution in [0.2, 0.25) is 0 Å². The number of nitrogens with zero attached hydrogens (tertiary/aromatic N) is 2. The van der Waals surface area contributed by atoms with E-state index >= 15 is 0 Å². The van der Waals surface area contributed by atoms with Crippen molar-refractivity contribution in [3.63, 3.8) is 0 Å². The Labute approximate surface area is 117 Å². The summed E-state index contributed by atoms with van der Waals surface area (Å²) < 4.78 is 19.0. The third-order valence-electron chi connectivity index (χ3n) is 2.91. The average molecular weight is 270 g/mol. The number of hydrogen-bond donors (Lipinski definition) is 0. The van der Waals surface area contributed by atoms with Crippen molar-refractivity contribution in [2.45, 2.75) is 6.61 Å². The van der Waals surface area contributed by atoms with E-state index in [1.54, 1.807) is 6.07 Å². The number of halogens is 1. The number of benzene rings is 2. The number of anilines is 1. The van der Waals surface area contributed by atoms with Crippen molar-refractivity contribution in [1.29, 1.82) is 5.26 Å². The quantitative estimate of drug-likeness (QED) is 0.855. The largest absolute Gasteiger partial charge is 0.487 e. The Morgan fingerprint density at radius 1 is 1.20 bits per heavy atom. The number of rotatable bonds is 4. The van der Waals surface area contributed by atoms with E-state index in [0.717, 1.165) is 11.3 Å². The van der Waals surface area contributed by atoms with Crippen LogP contribution < -0.4 is 9.64 Å². The maximum Gasteiger partial charge on any atom is 0.144 e. The van der Waals surface area contributed by atoms with E-state index in [2.05, 4.69) is 0 Å². The maximum absolute atomic E-state index is 13.4. The first-order valence-corrected chi connectivity index (χ1v) is 6.19. The Morgan fingerprint density at radius 2 is 1.95 bits per heavy atom. The molecule has 0 fully saturated rings. The van der Waals surface area contributed by atoms with Crippen molar-refractivity contribution in [3.8, 4) is 11.8 Å². The lowest BCUT2D eigenvalue weighted by Gasteiger charge is -2.14. The van der Waals surface area contributed by atoms with Crippen LogP contribution in [0.4, 0.5) is 10.1 Å². The van der Waals surface area contributed by atoms with Gasteiger partial charge in [-0.3, -0.25) is 0 Å². The van der Waals surface area contributed by atoms with Crippen LogP contribution in [-0.2, 0) is 6.61 Å². The molecular formula is C16H15FN2O. The summed E-state index contributed by atoms with van der Waals surface area (Å²) in [6.07, 6.45) is 0. The minimum atomic E-state index is -0.563. The van der Waals surface area contributed by atoms with E-state index < -0.39 is 5.82 Å². The molecule has 0 atom stereocenters. The Morgan fingerprint density at radius 3 is 2.65 bits per heavy atom. The molecule has 0 saturated carbocycles. The Kier molecular flexibility index (Phi) is 4.21. The van der Waals surface area contributed by atoms with E-state index in [9.17, 15) is 4.39 Å². The summed E-state index contributed by atoms with van der Waals surface area (Å²) >= 11 is 0. The van der Waals surface area contributed by atoms with Gasteiger partial charge >= 0.3 is 0 Å². The van der Waals surface area contributed by atoms with Gasteiger partial charge in [0.2, 0.25) is 0 Å². The molecule has 0 spiro atoms. The van der Waals surface area contributed by atoms with Crippen LogP contribution in [0.25, 0.3) is 0 Å². The van der Waals surface area contributed by atoms with E-state index in [-0.39, 0.29) is 11.3 Å². The molecule has 4 heteroatoms. The van der Waals surface area contributed by atoms with Gasteiger partial charge in [-0.1, -0.05) is 18.2 Å². The normalized spacial score (nSPS) is 9.90. The van der Waals surface area contributed by atoms with Crippen molar-refractivity contribution in [2.24, 2.45) is 0 Å². The second-order valence-corrected chi connectivity index (χ2v) is 4.58. The van der Waals surface area contributed by atoms with Crippen molar-refractivity contribution >= 4 is 5.69 Å². The van der Waals surface area contributed by atoms with Gasteiger partial charge in [-0.05, 0) is 29.8 Å². The molecule has 0 amide bonds. The van der Waals surface area contributed by atoms with Gasteiger partial charge in [0, 0.05) is 19.8 Å². The molecule has 0 aliphatic carbocycles. The van der Waals surface area contributed by atoms with E-state index in [4.69, 9.17) is 10.00 Å². The van der Waals surface area contributed by atoms with Gasteiger partial charge < -0.3 is 9.64 Å². The standard InChI is InChI=1S/C16H15FN2O/c1-19(2)13-6-3-5-12(9-13)11-20-16-8-4-7-15(17)14(16)10-18/h3-9H,11H2,1-2H3. The van der Waals surface area contributed by atoms with Crippen molar-refractivity contribution in [2.75, 3.05) is 19.0 Å². The third kappa shape index (κ3) is 3.07. The smallest absolute Gasteiger partial charge is 0.144 e. The average Bonchev–Trinajstić information content (AvgIpc) is 2.45. The van der Waals surface area contributed by atoms with E-state index in [1.165, 1.54) is 12.1 Å². The minimum Gasteiger partial charge on any atom is -0.487 e. The molecule has 0 aliphatic heterocycles. The van der Waals surface area contributed by atoms with Gasteiger partial charge in [0.1, 0.15) is 29.8 Å². The van der Waals surface area contributed by atoms with Gasteiger partial charge in [-0.15, -0.1) is 0 Å². The maximum atomic E-state index is 13.4. The molecule has 3 nitrogen and oxygen atoms in total. The lowest BCUT2D eigenvalue weighted by Crippen LogP contribution is -2.09. The van der Waals surface area contributed by atoms with Gasteiger partial charge in [-0.2, -0.15) is 5.26 Å². The topological polar surface area (TPSA) is 36.3 Å². The van der Waals surface area contributed by atoms with Crippen LogP contribution in [0, 0.1) is 17.1 Å². The van der Waals surface area contributed by atoms with Crippen LogP contribution in [0.15, 0.2) is 42.5 Å². The molecule has 0 radical (unpaired) electrons. The fraction of sp³-hybridized carbons (Fsp3) is 0.188. The lowest BCUT2D eigenvalue weighted by molar-refractivity contribution is 0.303. The van der Waals surface area contributed by atoms with Gasteiger partial charge in [0.15, 0.2) is 0 Å². The summed E-state index contributed by atoms with van der Waals surface area (Å²) in [4.78, 5) is 1.99. The zero-order valence-electron chi connectivity index (χ0n) is 11.4. The fourth-order valence-electron chi connectivity index (χ4n) is 1.82. The fourth-order valence-corrected chi connectivity index (χ4v) is 1.82. The Balaban J connectivity index is 2.15. The van der Waals surface area contributed by atoms with Crippen LogP contribution in [0.5, 0.6) is 5.75 Å². The zero-order chi connectivity index (χ0) is 14.5. The summed E-state index contributed by atoms with van der Waals surface area (Å²) in [5.41, 5.74) is 1.96. The van der Waals surface area contributed by atoms with Crippen molar-refractivity contribution in [3.05, 3.63) is 59.4 Å². The predicted octanol–water partition coefficient (Wildman–Crippen LogP) is 3.34. The van der Waals surface area contributed by atoms with Crippen molar-refractivity contribution in [1.82, 2.24) is 0 Å². The predicted molar refractivity (Wildman–Crippen MR) is 76.2 cm³/mol. The molecule has 0 unspecified atom stereocenters. The minimum absolute atomic E-state index is 0.0590. The highest BCUT2D eigenvalue weighted by Gasteiger charge is 2.09. The summed E-state index contributed by atoms with van der Waals surface area (Å²) in [6, 6.07) is 14.0. The molecule has 20 heavy (non-hydrogen) atoms. The Hall–Kier alpha value is -2.54. The lowest BCUT2D eigenvalue weighted by atomic mass is 10.2. The van der Waals surface area contributed by atoms with Crippen LogP contribution >= 0.6 is 0 Å². The molecule has 0 bridgehead atoms. The molecule has 102 valence electrons. The van der Waals surface area contributed by atoms with Gasteiger partial charge in [0.05, 0.1) is 0 Å². The number of ether oxygens (including phenoxy) is 1. The first-order valence-electron chi connectivity index (χ1n) is 6.19. The summed E-state index contributed by atoms with van der Waals surface area (Å²) in [6.45, 7) is 0.291. The molecule has 0 heterocycles. The Bertz CT molecular complexity index is 647. The van der Waals surface area contributed by atoms with E-state index in [0.29, 0.717) is 6.61 Å². The van der Waals surface area contributed by atoms with Crippen LogP contribution in [0.1, 0.15) is 11.1 Å². The zero-order valence-corrected chi connectivity index (χ0v) is 11.4. The SMILES string of the molecule is CN(C)c1cccc(COc2cccc(F)c2C#N)c1. The van der Waals surface area contributed by atoms with Gasteiger partial charge in [-0.25, -0.2) is 4.39 Å². The number of nitriles is 1. The second-order valence-electron chi connectivity index (χ2n) is 4.58. The molecule has 2 rings (SSSR count). The molecule has 0 N–H and O–H groups in total. The highest BCUT2D eigenvalue weighted by molar-refractivity contribution is 5.47. The number of hydrogen-bond acceptors (Lipinski definition) is 3. The molecule has 0 aliphatic rings. The van der Waals surface area contributed by atoms with Gasteiger partial charge in [0.25, 0.3) is 0 Å². The molecular weight excluding hydrogens is 255 g/mol. The third-order valence-corrected chi connectivity index (χ3v) is 2.91. The molecule has 2 aromatic carbocycles. The summed E-state index contributed by atoms with van der Waals surface area (Å²) in [5, 5.41) is 8.94. The second kappa shape index (κ2) is 6.07. The first-order chi connectivity index (χ1) is 9.61. The molecule has 0 saturated heterocycles. The van der Waals surface area contributed by atoms with Crippen LogP contribution in [0.3, 0.4) is 0 Å². The highest BCUT2D eigenvalue weighted by Crippen LogP contribution is 2.22. The first kappa shape index (κ1) is 13.9. The van der Waals surface area contributed by atoms with Crippen LogP contribution in [-0.4, -0.2) is 14.1 Å². The summed E-state index contributed by atoms with van der Waals surface area (Å²) in [5.74, 6) is -0.296. The molecule has 0 aromatic heterocycles.